The molecule has 3 aromatic carbocycles. The molecule has 1 fully saturated rings. The highest BCUT2D eigenvalue weighted by Gasteiger charge is 2.43. The molecule has 10 heteroatoms. The second-order valence-corrected chi connectivity index (χ2v) is 12.0. The Morgan fingerprint density at radius 2 is 1.26 bits per heavy atom. The van der Waals surface area contributed by atoms with Crippen LogP contribution < -0.4 is 5.32 Å². The molecular weight excluding hydrogens is 486 g/mol. The van der Waals surface area contributed by atoms with Crippen molar-refractivity contribution in [3.63, 3.8) is 0 Å². The Morgan fingerprint density at radius 1 is 0.743 bits per heavy atom. The van der Waals surface area contributed by atoms with Gasteiger partial charge in [0.05, 0.1) is 9.79 Å². The normalized spacial score (nSPS) is 17.7. The van der Waals surface area contributed by atoms with Gasteiger partial charge in [0.2, 0.25) is 26.0 Å². The number of carbonyl (C=O) groups is 1. The van der Waals surface area contributed by atoms with E-state index in [0.717, 1.165) is 9.87 Å². The number of hydrogen-bond donors (Lipinski definition) is 1. The second-order valence-electron chi connectivity index (χ2n) is 8.15. The lowest BCUT2D eigenvalue weighted by molar-refractivity contribution is -0.125. The van der Waals surface area contributed by atoms with Crippen molar-refractivity contribution in [2.24, 2.45) is 0 Å². The zero-order valence-electron chi connectivity index (χ0n) is 19.0. The number of piperazine rings is 1. The molecule has 0 aromatic heterocycles. The molecule has 0 aliphatic carbocycles. The van der Waals surface area contributed by atoms with Crippen LogP contribution in [0.3, 0.4) is 0 Å². The van der Waals surface area contributed by atoms with E-state index in [0.29, 0.717) is 13.0 Å². The van der Waals surface area contributed by atoms with Gasteiger partial charge in [0.25, 0.3) is 0 Å². The minimum atomic E-state index is -4.02. The largest absolute Gasteiger partial charge is 0.354 e. The average molecular weight is 514 g/mol. The Morgan fingerprint density at radius 3 is 1.83 bits per heavy atom. The van der Waals surface area contributed by atoms with Gasteiger partial charge in [0, 0.05) is 26.2 Å². The van der Waals surface area contributed by atoms with E-state index in [2.05, 4.69) is 5.32 Å². The van der Waals surface area contributed by atoms with Gasteiger partial charge < -0.3 is 5.32 Å². The van der Waals surface area contributed by atoms with Crippen LogP contribution in [0.1, 0.15) is 5.56 Å². The predicted octanol–water partition coefficient (Wildman–Crippen LogP) is 2.11. The van der Waals surface area contributed by atoms with Crippen molar-refractivity contribution in [2.45, 2.75) is 22.3 Å². The molecule has 1 aliphatic rings. The highest BCUT2D eigenvalue weighted by atomic mass is 32.2. The van der Waals surface area contributed by atoms with Crippen LogP contribution >= 0.6 is 0 Å². The van der Waals surface area contributed by atoms with E-state index in [9.17, 15) is 21.6 Å². The first-order valence-electron chi connectivity index (χ1n) is 11.2. The van der Waals surface area contributed by atoms with Gasteiger partial charge in [-0.2, -0.15) is 8.61 Å². The van der Waals surface area contributed by atoms with Crippen molar-refractivity contribution in [2.75, 3.05) is 26.2 Å². The maximum atomic E-state index is 13.4. The minimum Gasteiger partial charge on any atom is -0.354 e. The summed E-state index contributed by atoms with van der Waals surface area (Å²) in [5.41, 5.74) is 1.03. The molecule has 1 atom stereocenters. The zero-order valence-corrected chi connectivity index (χ0v) is 20.7. The van der Waals surface area contributed by atoms with Crippen molar-refractivity contribution in [3.05, 3.63) is 96.6 Å². The molecule has 1 heterocycles. The van der Waals surface area contributed by atoms with Gasteiger partial charge in [-0.3, -0.25) is 4.79 Å². The van der Waals surface area contributed by atoms with Crippen molar-refractivity contribution in [1.82, 2.24) is 13.9 Å². The Labute approximate surface area is 206 Å². The van der Waals surface area contributed by atoms with Crippen molar-refractivity contribution in [3.8, 4) is 0 Å². The standard InChI is InChI=1S/C25H27N3O5S2/c29-25(26-17-16-21-10-4-1-5-11-21)24-20-27(34(30,31)22-12-6-2-7-13-22)18-19-28(24)35(32,33)23-14-8-3-9-15-23/h1-15,24H,16-20H2,(H,26,29)/t24-/m0/s1. The molecule has 1 amide bonds. The lowest BCUT2D eigenvalue weighted by Gasteiger charge is -2.39. The molecule has 8 nitrogen and oxygen atoms in total. The summed E-state index contributed by atoms with van der Waals surface area (Å²) in [6, 6.07) is 24.2. The number of amides is 1. The number of nitrogens with one attached hydrogen (secondary N) is 1. The fourth-order valence-electron chi connectivity index (χ4n) is 4.02. The van der Waals surface area contributed by atoms with Gasteiger partial charge >= 0.3 is 0 Å². The topological polar surface area (TPSA) is 104 Å². The average Bonchev–Trinajstić information content (AvgIpc) is 2.90. The molecule has 0 radical (unpaired) electrons. The highest BCUT2D eigenvalue weighted by Crippen LogP contribution is 2.25. The minimum absolute atomic E-state index is 0.0569. The highest BCUT2D eigenvalue weighted by molar-refractivity contribution is 7.89. The maximum absolute atomic E-state index is 13.4. The van der Waals surface area contributed by atoms with Crippen LogP contribution in [0.5, 0.6) is 0 Å². The van der Waals surface area contributed by atoms with Crippen LogP contribution in [-0.4, -0.2) is 63.6 Å². The molecule has 184 valence electrons. The van der Waals surface area contributed by atoms with E-state index in [4.69, 9.17) is 0 Å². The summed E-state index contributed by atoms with van der Waals surface area (Å²) in [6.45, 7) is -0.179. The maximum Gasteiger partial charge on any atom is 0.243 e. The summed E-state index contributed by atoms with van der Waals surface area (Å²) >= 11 is 0. The molecule has 1 saturated heterocycles. The third-order valence-corrected chi connectivity index (χ3v) is 9.68. The summed E-state index contributed by atoms with van der Waals surface area (Å²) in [4.78, 5) is 13.4. The summed E-state index contributed by atoms with van der Waals surface area (Å²) in [5.74, 6) is -0.534. The van der Waals surface area contributed by atoms with Gasteiger partial charge in [0.1, 0.15) is 6.04 Å². The predicted molar refractivity (Wildman–Crippen MR) is 132 cm³/mol. The van der Waals surface area contributed by atoms with E-state index in [1.54, 1.807) is 36.4 Å². The molecule has 0 unspecified atom stereocenters. The monoisotopic (exact) mass is 513 g/mol. The number of hydrogen-bond acceptors (Lipinski definition) is 5. The van der Waals surface area contributed by atoms with E-state index >= 15 is 0 Å². The Kier molecular flexibility index (Phi) is 7.66. The SMILES string of the molecule is O=C(NCCc1ccccc1)[C@@H]1CN(S(=O)(=O)c2ccccc2)CCN1S(=O)(=O)c1ccccc1. The third kappa shape index (κ3) is 5.62. The zero-order chi connectivity index (χ0) is 24.9. The molecule has 1 N–H and O–H groups in total. The van der Waals surface area contributed by atoms with Crippen LogP contribution in [0.4, 0.5) is 0 Å². The van der Waals surface area contributed by atoms with E-state index in [1.807, 2.05) is 30.3 Å². The first kappa shape index (κ1) is 25.1. The molecular formula is C25H27N3O5S2. The Bertz CT molecular complexity index is 1350. The van der Waals surface area contributed by atoms with Crippen molar-refractivity contribution < 1.29 is 21.6 Å². The third-order valence-electron chi connectivity index (χ3n) is 5.88. The van der Waals surface area contributed by atoms with Crippen LogP contribution in [0, 0.1) is 0 Å². The fraction of sp³-hybridized carbons (Fsp3) is 0.240. The molecule has 0 bridgehead atoms. The first-order chi connectivity index (χ1) is 16.8. The lowest BCUT2D eigenvalue weighted by atomic mass is 10.1. The number of benzene rings is 3. The summed E-state index contributed by atoms with van der Waals surface area (Å²) < 4.78 is 55.5. The first-order valence-corrected chi connectivity index (χ1v) is 14.1. The van der Waals surface area contributed by atoms with Crippen LogP contribution in [-0.2, 0) is 31.3 Å². The number of rotatable bonds is 8. The fourth-order valence-corrected chi connectivity index (χ4v) is 7.07. The van der Waals surface area contributed by atoms with Gasteiger partial charge in [0.15, 0.2) is 0 Å². The van der Waals surface area contributed by atoms with Gasteiger partial charge in [-0.25, -0.2) is 16.8 Å². The number of nitrogens with zero attached hydrogens (tertiary/aromatic N) is 2. The Hall–Kier alpha value is -3.05. The van der Waals surface area contributed by atoms with Crippen molar-refractivity contribution in [1.29, 1.82) is 0 Å². The molecule has 1 aliphatic heterocycles. The van der Waals surface area contributed by atoms with Gasteiger partial charge in [-0.1, -0.05) is 66.7 Å². The molecule has 4 rings (SSSR count). The van der Waals surface area contributed by atoms with E-state index in [-0.39, 0.29) is 29.4 Å². The lowest BCUT2D eigenvalue weighted by Crippen LogP contribution is -2.61. The molecule has 0 spiro atoms. The van der Waals surface area contributed by atoms with Crippen molar-refractivity contribution >= 4 is 26.0 Å². The number of sulfonamides is 2. The summed E-state index contributed by atoms with van der Waals surface area (Å²) in [5, 5.41) is 2.80. The van der Waals surface area contributed by atoms with E-state index < -0.39 is 32.0 Å². The molecule has 3 aromatic rings. The van der Waals surface area contributed by atoms with Crippen LogP contribution in [0.15, 0.2) is 101 Å². The molecule has 35 heavy (non-hydrogen) atoms. The Balaban J connectivity index is 1.58. The van der Waals surface area contributed by atoms with Crippen LogP contribution in [0.25, 0.3) is 0 Å². The van der Waals surface area contributed by atoms with Gasteiger partial charge in [-0.05, 0) is 36.2 Å². The smallest absolute Gasteiger partial charge is 0.243 e. The quantitative estimate of drug-likeness (QED) is 0.497. The second kappa shape index (κ2) is 10.7. The van der Waals surface area contributed by atoms with E-state index in [1.165, 1.54) is 28.6 Å². The summed E-state index contributed by atoms with van der Waals surface area (Å²) in [7, 11) is -7.91. The number of carbonyl (C=O) groups excluding carboxylic acids is 1. The summed E-state index contributed by atoms with van der Waals surface area (Å²) in [6.07, 6.45) is 0.566. The van der Waals surface area contributed by atoms with Gasteiger partial charge in [-0.15, -0.1) is 0 Å². The molecule has 0 saturated carbocycles. The van der Waals surface area contributed by atoms with Crippen LogP contribution in [0.2, 0.25) is 0 Å².